The van der Waals surface area contributed by atoms with Crippen LogP contribution in [0.1, 0.15) is 6.23 Å². The third-order valence-corrected chi connectivity index (χ3v) is 3.47. The van der Waals surface area contributed by atoms with Crippen LogP contribution in [0.2, 0.25) is 0 Å². The van der Waals surface area contributed by atoms with Gasteiger partial charge in [-0.3, -0.25) is 4.57 Å². The number of hydrogen-bond acceptors (Lipinski definition) is 9. The molecule has 21 heavy (non-hydrogen) atoms. The van der Waals surface area contributed by atoms with Crippen molar-refractivity contribution in [1.82, 2.24) is 19.5 Å². The second kappa shape index (κ2) is 5.07. The summed E-state index contributed by atoms with van der Waals surface area (Å²) in [6.45, 7) is -0.403. The van der Waals surface area contributed by atoms with E-state index in [4.69, 9.17) is 15.6 Å². The normalized spacial score (nSPS) is 29.1. The molecule has 1 aliphatic rings. The average molecular weight is 296 g/mol. The number of imidazole rings is 1. The maximum absolute atomic E-state index is 10.1. The molecule has 10 nitrogen and oxygen atoms in total. The number of anilines is 2. The third-order valence-electron chi connectivity index (χ3n) is 3.47. The first-order chi connectivity index (χ1) is 10.1. The summed E-state index contributed by atoms with van der Waals surface area (Å²) < 4.78 is 6.91. The maximum Gasteiger partial charge on any atom is 0.224 e. The number of nitrogens with two attached hydrogens (primary N) is 1. The molecule has 4 atom stereocenters. The van der Waals surface area contributed by atoms with Gasteiger partial charge in [0.2, 0.25) is 5.95 Å². The highest BCUT2D eigenvalue weighted by atomic mass is 16.6. The zero-order valence-electron chi connectivity index (χ0n) is 11.2. The van der Waals surface area contributed by atoms with Crippen LogP contribution in [0.3, 0.4) is 0 Å². The minimum atomic E-state index is -1.21. The number of nitrogens with one attached hydrogen (secondary N) is 1. The van der Waals surface area contributed by atoms with Crippen molar-refractivity contribution in [3.05, 3.63) is 6.33 Å². The summed E-state index contributed by atoms with van der Waals surface area (Å²) in [5, 5.41) is 31.9. The van der Waals surface area contributed by atoms with Crippen molar-refractivity contribution in [2.75, 3.05) is 24.7 Å². The molecule has 0 aromatic carbocycles. The van der Waals surface area contributed by atoms with Crippen LogP contribution < -0.4 is 11.1 Å². The second-order valence-electron chi connectivity index (χ2n) is 4.73. The number of nitrogen functional groups attached to an aromatic ring is 1. The number of fused-ring (bicyclic) bond motifs is 1. The molecule has 2 aromatic rings. The van der Waals surface area contributed by atoms with Gasteiger partial charge in [-0.2, -0.15) is 9.97 Å². The fourth-order valence-electron chi connectivity index (χ4n) is 2.40. The van der Waals surface area contributed by atoms with Crippen LogP contribution in [0.4, 0.5) is 11.8 Å². The van der Waals surface area contributed by atoms with Gasteiger partial charge in [0, 0.05) is 7.05 Å². The maximum atomic E-state index is 10.1. The standard InChI is InChI=1S/C11H16N6O4/c1-13-8-5-9(16-11(12)15-8)17(3-14-5)10-7(20)6(19)4(2-18)21-10/h3-4,6-7,10,18-20H,2H2,1H3,(H3,12,13,15,16)/t4-,6-,7-,10+/m0/s1. The molecule has 1 aliphatic heterocycles. The Hall–Kier alpha value is -2.01. The van der Waals surface area contributed by atoms with Crippen LogP contribution in [0.15, 0.2) is 6.33 Å². The summed E-state index contributed by atoms with van der Waals surface area (Å²) in [5.74, 6) is 0.489. The number of aliphatic hydroxyl groups excluding tert-OH is 3. The third kappa shape index (κ3) is 2.08. The van der Waals surface area contributed by atoms with Crippen LogP contribution in [0.25, 0.3) is 11.2 Å². The number of hydrogen-bond donors (Lipinski definition) is 5. The Morgan fingerprint density at radius 3 is 2.76 bits per heavy atom. The van der Waals surface area contributed by atoms with Gasteiger partial charge in [0.25, 0.3) is 0 Å². The Labute approximate surface area is 119 Å². The number of nitrogens with zero attached hydrogens (tertiary/aromatic N) is 4. The number of aliphatic hydroxyl groups is 3. The van der Waals surface area contributed by atoms with Crippen LogP contribution >= 0.6 is 0 Å². The van der Waals surface area contributed by atoms with Crippen molar-refractivity contribution in [3.8, 4) is 0 Å². The molecule has 10 heteroatoms. The largest absolute Gasteiger partial charge is 0.394 e. The second-order valence-corrected chi connectivity index (χ2v) is 4.73. The molecule has 114 valence electrons. The predicted molar refractivity (Wildman–Crippen MR) is 72.3 cm³/mol. The topological polar surface area (TPSA) is 152 Å². The molecule has 0 aliphatic carbocycles. The van der Waals surface area contributed by atoms with Gasteiger partial charge in [-0.05, 0) is 0 Å². The van der Waals surface area contributed by atoms with E-state index >= 15 is 0 Å². The first-order valence-electron chi connectivity index (χ1n) is 6.37. The van der Waals surface area contributed by atoms with Crippen molar-refractivity contribution >= 4 is 22.9 Å². The highest BCUT2D eigenvalue weighted by molar-refractivity contribution is 5.84. The van der Waals surface area contributed by atoms with E-state index < -0.39 is 31.1 Å². The summed E-state index contributed by atoms with van der Waals surface area (Å²) in [6, 6.07) is 0. The van der Waals surface area contributed by atoms with Gasteiger partial charge in [-0.15, -0.1) is 0 Å². The van der Waals surface area contributed by atoms with Crippen molar-refractivity contribution < 1.29 is 20.1 Å². The van der Waals surface area contributed by atoms with Crippen molar-refractivity contribution in [2.24, 2.45) is 0 Å². The molecule has 1 saturated heterocycles. The Balaban J connectivity index is 2.07. The number of aromatic nitrogens is 4. The average Bonchev–Trinajstić information content (AvgIpc) is 3.01. The Bertz CT molecular complexity index is 661. The summed E-state index contributed by atoms with van der Waals surface area (Å²) in [4.78, 5) is 12.3. The molecule has 0 bridgehead atoms. The molecule has 0 unspecified atom stereocenters. The van der Waals surface area contributed by atoms with Crippen LogP contribution in [0.5, 0.6) is 0 Å². The van der Waals surface area contributed by atoms with E-state index in [-0.39, 0.29) is 5.95 Å². The SMILES string of the molecule is CNc1nc(N)nc2c1ncn2[C@@H]1O[C@@H](CO)[C@H](O)[C@@H]1O. The summed E-state index contributed by atoms with van der Waals surface area (Å²) in [6.07, 6.45) is -2.78. The Kier molecular flexibility index (Phi) is 3.37. The number of rotatable bonds is 3. The van der Waals surface area contributed by atoms with Gasteiger partial charge in [0.1, 0.15) is 18.3 Å². The predicted octanol–water partition coefficient (Wildman–Crippen LogP) is -1.94. The fourth-order valence-corrected chi connectivity index (χ4v) is 2.40. The summed E-state index contributed by atoms with van der Waals surface area (Å²) in [5.41, 5.74) is 6.47. The molecule has 3 heterocycles. The summed E-state index contributed by atoms with van der Waals surface area (Å²) >= 11 is 0. The molecule has 2 aromatic heterocycles. The minimum Gasteiger partial charge on any atom is -0.394 e. The van der Waals surface area contributed by atoms with E-state index in [2.05, 4.69) is 20.3 Å². The first kappa shape index (κ1) is 13.9. The zero-order valence-corrected chi connectivity index (χ0v) is 11.2. The lowest BCUT2D eigenvalue weighted by molar-refractivity contribution is -0.0511. The highest BCUT2D eigenvalue weighted by Gasteiger charge is 2.44. The Morgan fingerprint density at radius 1 is 1.38 bits per heavy atom. The van der Waals surface area contributed by atoms with Crippen molar-refractivity contribution in [2.45, 2.75) is 24.5 Å². The molecular weight excluding hydrogens is 280 g/mol. The smallest absolute Gasteiger partial charge is 0.224 e. The van der Waals surface area contributed by atoms with Gasteiger partial charge >= 0.3 is 0 Å². The minimum absolute atomic E-state index is 0.0420. The lowest BCUT2D eigenvalue weighted by atomic mass is 10.1. The van der Waals surface area contributed by atoms with Gasteiger partial charge in [0.05, 0.1) is 12.9 Å². The molecule has 0 radical (unpaired) electrons. The molecule has 6 N–H and O–H groups in total. The van der Waals surface area contributed by atoms with E-state index in [0.29, 0.717) is 17.0 Å². The van der Waals surface area contributed by atoms with Crippen LogP contribution in [0, 0.1) is 0 Å². The first-order valence-corrected chi connectivity index (χ1v) is 6.37. The molecule has 0 saturated carbocycles. The lowest BCUT2D eigenvalue weighted by Crippen LogP contribution is -2.33. The molecule has 0 amide bonds. The van der Waals surface area contributed by atoms with Gasteiger partial charge in [-0.1, -0.05) is 0 Å². The van der Waals surface area contributed by atoms with E-state index in [0.717, 1.165) is 0 Å². The van der Waals surface area contributed by atoms with Crippen LogP contribution in [-0.2, 0) is 4.74 Å². The van der Waals surface area contributed by atoms with E-state index in [1.165, 1.54) is 10.9 Å². The van der Waals surface area contributed by atoms with Gasteiger partial charge in [0.15, 0.2) is 23.2 Å². The quantitative estimate of drug-likeness (QED) is 0.435. The van der Waals surface area contributed by atoms with Crippen LogP contribution in [-0.4, -0.2) is 66.8 Å². The van der Waals surface area contributed by atoms with Gasteiger partial charge < -0.3 is 31.1 Å². The Morgan fingerprint density at radius 2 is 2.14 bits per heavy atom. The zero-order chi connectivity index (χ0) is 15.1. The van der Waals surface area contributed by atoms with E-state index in [1.54, 1.807) is 7.05 Å². The van der Waals surface area contributed by atoms with Crippen molar-refractivity contribution in [3.63, 3.8) is 0 Å². The molecular formula is C11H16N6O4. The summed E-state index contributed by atoms with van der Waals surface area (Å²) in [7, 11) is 1.67. The molecule has 0 spiro atoms. The number of ether oxygens (including phenoxy) is 1. The van der Waals surface area contributed by atoms with Gasteiger partial charge in [-0.25, -0.2) is 4.98 Å². The van der Waals surface area contributed by atoms with Crippen molar-refractivity contribution in [1.29, 1.82) is 0 Å². The monoisotopic (exact) mass is 296 g/mol. The fraction of sp³-hybridized carbons (Fsp3) is 0.545. The van der Waals surface area contributed by atoms with E-state index in [1.807, 2.05) is 0 Å². The highest BCUT2D eigenvalue weighted by Crippen LogP contribution is 2.32. The van der Waals surface area contributed by atoms with E-state index in [9.17, 15) is 10.2 Å². The lowest BCUT2D eigenvalue weighted by Gasteiger charge is -2.16. The molecule has 1 fully saturated rings. The molecule has 3 rings (SSSR count).